The molecule has 0 aliphatic heterocycles. The van der Waals surface area contributed by atoms with Crippen LogP contribution in [0.25, 0.3) is 0 Å². The number of phosphoric ester groups is 1. The lowest BCUT2D eigenvalue weighted by atomic mass is 10.0. The number of allylic oxidation sites excluding steroid dienone is 5. The summed E-state index contributed by atoms with van der Waals surface area (Å²) in [5.41, 5.74) is 0. The zero-order valence-electron chi connectivity index (χ0n) is 46.6. The molecule has 8 nitrogen and oxygen atoms in total. The normalized spacial score (nSPS) is 14.1. The Hall–Kier alpha value is -1.28. The predicted octanol–water partition coefficient (Wildman–Crippen LogP) is 18.2. The molecule has 0 heterocycles. The van der Waals surface area contributed by atoms with Crippen molar-refractivity contribution in [3.63, 3.8) is 0 Å². The van der Waals surface area contributed by atoms with E-state index in [9.17, 15) is 19.4 Å². The summed E-state index contributed by atoms with van der Waals surface area (Å²) in [4.78, 5) is 23.3. The number of nitrogens with one attached hydrogen (secondary N) is 1. The van der Waals surface area contributed by atoms with E-state index in [0.29, 0.717) is 17.4 Å². The Morgan fingerprint density at radius 3 is 1.16 bits per heavy atom. The summed E-state index contributed by atoms with van der Waals surface area (Å²) in [6, 6.07) is -0.868. The summed E-state index contributed by atoms with van der Waals surface area (Å²) in [5.74, 6) is -0.186. The largest absolute Gasteiger partial charge is 0.472 e. The molecule has 0 radical (unpaired) electrons. The standard InChI is InChI=1S/C60H117N2O6P/c1-6-8-10-12-14-16-18-20-22-24-26-27-28-29-30-31-32-33-34-35-36-38-40-42-44-46-48-50-52-54-60(64)61-58(57-68-69(65,66)67-56-55-62(3,4)5)59(63)53-51-49-47-45-43-41-39-37-25-23-21-19-17-15-13-11-9-7-2/h25,37,43,45,51,53,58-59,63H,6-24,26-36,38-42,44,46-50,52,54-57H2,1-5H3,(H-,61,64,65,66)/p+1/b37-25+,45-43+,53-51+. The Morgan fingerprint density at radius 2 is 0.797 bits per heavy atom. The van der Waals surface area contributed by atoms with E-state index in [4.69, 9.17) is 9.05 Å². The second-order valence-corrected chi connectivity index (χ2v) is 23.2. The molecule has 0 aliphatic carbocycles. The van der Waals surface area contributed by atoms with Gasteiger partial charge in [0.15, 0.2) is 0 Å². The molecule has 1 amide bonds. The number of carbonyl (C=O) groups is 1. The second kappa shape index (κ2) is 51.6. The van der Waals surface area contributed by atoms with Crippen LogP contribution in [0.15, 0.2) is 36.5 Å². The Balaban J connectivity index is 4.14. The van der Waals surface area contributed by atoms with Gasteiger partial charge in [-0.05, 0) is 44.9 Å². The number of unbranched alkanes of at least 4 members (excludes halogenated alkanes) is 38. The second-order valence-electron chi connectivity index (χ2n) is 21.7. The fourth-order valence-electron chi connectivity index (χ4n) is 8.90. The zero-order chi connectivity index (χ0) is 50.6. The summed E-state index contributed by atoms with van der Waals surface area (Å²) in [6.45, 7) is 4.82. The highest BCUT2D eigenvalue weighted by Crippen LogP contribution is 2.43. The van der Waals surface area contributed by atoms with Crippen molar-refractivity contribution in [2.24, 2.45) is 0 Å². The third-order valence-electron chi connectivity index (χ3n) is 13.6. The van der Waals surface area contributed by atoms with Crippen molar-refractivity contribution in [3.8, 4) is 0 Å². The van der Waals surface area contributed by atoms with Gasteiger partial charge in [0.2, 0.25) is 5.91 Å². The summed E-state index contributed by atoms with van der Waals surface area (Å²) in [6.07, 6.45) is 66.9. The number of rotatable bonds is 55. The van der Waals surface area contributed by atoms with Crippen molar-refractivity contribution in [1.82, 2.24) is 5.32 Å². The maximum atomic E-state index is 13.0. The first-order valence-electron chi connectivity index (χ1n) is 29.9. The fourth-order valence-corrected chi connectivity index (χ4v) is 9.64. The average molecular weight is 995 g/mol. The maximum absolute atomic E-state index is 13.0. The number of nitrogens with zero attached hydrogens (tertiary/aromatic N) is 1. The number of hydrogen-bond acceptors (Lipinski definition) is 5. The van der Waals surface area contributed by atoms with E-state index in [-0.39, 0.29) is 19.1 Å². The highest BCUT2D eigenvalue weighted by Gasteiger charge is 2.27. The number of likely N-dealkylation sites (N-methyl/N-ethyl adjacent to an activating group) is 1. The molecule has 0 saturated carbocycles. The summed E-state index contributed by atoms with van der Waals surface area (Å²) in [7, 11) is 1.56. The zero-order valence-corrected chi connectivity index (χ0v) is 47.5. The van der Waals surface area contributed by atoms with E-state index >= 15 is 0 Å². The van der Waals surface area contributed by atoms with Crippen LogP contribution in [-0.2, 0) is 18.4 Å². The van der Waals surface area contributed by atoms with Crippen LogP contribution in [0.5, 0.6) is 0 Å². The van der Waals surface area contributed by atoms with Crippen molar-refractivity contribution >= 4 is 13.7 Å². The summed E-state index contributed by atoms with van der Waals surface area (Å²) in [5, 5.41) is 13.9. The number of aliphatic hydroxyl groups excluding tert-OH is 1. The molecule has 408 valence electrons. The Kier molecular flexibility index (Phi) is 50.7. The van der Waals surface area contributed by atoms with E-state index in [1.54, 1.807) is 6.08 Å². The van der Waals surface area contributed by atoms with Gasteiger partial charge in [-0.15, -0.1) is 0 Å². The minimum Gasteiger partial charge on any atom is -0.387 e. The highest BCUT2D eigenvalue weighted by molar-refractivity contribution is 7.47. The van der Waals surface area contributed by atoms with E-state index in [1.807, 2.05) is 27.2 Å². The molecule has 0 aliphatic rings. The van der Waals surface area contributed by atoms with Crippen LogP contribution >= 0.6 is 7.82 Å². The number of phosphoric acid groups is 1. The molecule has 69 heavy (non-hydrogen) atoms. The highest BCUT2D eigenvalue weighted by atomic mass is 31.2. The molecular formula is C60H118N2O6P+. The van der Waals surface area contributed by atoms with E-state index in [0.717, 1.165) is 44.9 Å². The van der Waals surface area contributed by atoms with E-state index in [2.05, 4.69) is 43.5 Å². The van der Waals surface area contributed by atoms with Gasteiger partial charge in [-0.3, -0.25) is 13.8 Å². The van der Waals surface area contributed by atoms with Gasteiger partial charge < -0.3 is 19.8 Å². The van der Waals surface area contributed by atoms with Crippen LogP contribution in [-0.4, -0.2) is 73.4 Å². The van der Waals surface area contributed by atoms with Crippen LogP contribution in [0.3, 0.4) is 0 Å². The van der Waals surface area contributed by atoms with Crippen molar-refractivity contribution < 1.29 is 32.9 Å². The summed E-state index contributed by atoms with van der Waals surface area (Å²) < 4.78 is 23.7. The molecule has 3 unspecified atom stereocenters. The van der Waals surface area contributed by atoms with Crippen LogP contribution in [0, 0.1) is 0 Å². The van der Waals surface area contributed by atoms with Gasteiger partial charge in [0.05, 0.1) is 39.9 Å². The van der Waals surface area contributed by atoms with Crippen molar-refractivity contribution in [3.05, 3.63) is 36.5 Å². The molecule has 0 rings (SSSR count). The number of amides is 1. The van der Waals surface area contributed by atoms with E-state index < -0.39 is 20.0 Å². The van der Waals surface area contributed by atoms with Gasteiger partial charge >= 0.3 is 7.82 Å². The van der Waals surface area contributed by atoms with E-state index in [1.165, 1.54) is 225 Å². The molecule has 0 aromatic rings. The number of aliphatic hydroxyl groups is 1. The van der Waals surface area contributed by atoms with Gasteiger partial charge in [-0.1, -0.05) is 275 Å². The maximum Gasteiger partial charge on any atom is 0.472 e. The molecule has 0 aromatic carbocycles. The molecule has 0 saturated heterocycles. The molecule has 3 atom stereocenters. The van der Waals surface area contributed by atoms with Gasteiger partial charge in [0.1, 0.15) is 13.2 Å². The minimum absolute atomic E-state index is 0.0551. The Bertz CT molecular complexity index is 1220. The lowest BCUT2D eigenvalue weighted by Gasteiger charge is -2.25. The minimum atomic E-state index is -4.36. The van der Waals surface area contributed by atoms with Crippen molar-refractivity contribution in [2.45, 2.75) is 302 Å². The lowest BCUT2D eigenvalue weighted by molar-refractivity contribution is -0.870. The molecule has 0 aromatic heterocycles. The molecule has 0 spiro atoms. The van der Waals surface area contributed by atoms with Crippen molar-refractivity contribution in [1.29, 1.82) is 0 Å². The van der Waals surface area contributed by atoms with Crippen LogP contribution < -0.4 is 5.32 Å². The number of hydrogen-bond donors (Lipinski definition) is 3. The fraction of sp³-hybridized carbons (Fsp3) is 0.883. The molecule has 9 heteroatoms. The predicted molar refractivity (Wildman–Crippen MR) is 300 cm³/mol. The number of carbonyl (C=O) groups excluding carboxylic acids is 1. The quantitative estimate of drug-likeness (QED) is 0.0243. The summed E-state index contributed by atoms with van der Waals surface area (Å²) >= 11 is 0. The lowest BCUT2D eigenvalue weighted by Crippen LogP contribution is -2.45. The van der Waals surface area contributed by atoms with Crippen LogP contribution in [0.1, 0.15) is 290 Å². The number of quaternary nitrogens is 1. The molecule has 3 N–H and O–H groups in total. The van der Waals surface area contributed by atoms with Gasteiger partial charge in [-0.25, -0.2) is 4.57 Å². The first-order valence-corrected chi connectivity index (χ1v) is 31.4. The smallest absolute Gasteiger partial charge is 0.387 e. The topological polar surface area (TPSA) is 105 Å². The van der Waals surface area contributed by atoms with Crippen LogP contribution in [0.4, 0.5) is 0 Å². The monoisotopic (exact) mass is 994 g/mol. The molecule has 0 bridgehead atoms. The third kappa shape index (κ3) is 54.3. The van der Waals surface area contributed by atoms with Crippen molar-refractivity contribution in [2.75, 3.05) is 40.9 Å². The van der Waals surface area contributed by atoms with Crippen LogP contribution in [0.2, 0.25) is 0 Å². The molecular weight excluding hydrogens is 876 g/mol. The van der Waals surface area contributed by atoms with Gasteiger partial charge in [-0.2, -0.15) is 0 Å². The Morgan fingerprint density at radius 1 is 0.478 bits per heavy atom. The first-order chi connectivity index (χ1) is 33.5. The van der Waals surface area contributed by atoms with Gasteiger partial charge in [0.25, 0.3) is 0 Å². The SMILES string of the molecule is CCCCCCCCCC/C=C/CC/C=C/CC/C=C/C(O)C(COP(=O)(O)OCC[N+](C)(C)C)NC(=O)CCCCCCCCCCCCCCCCCCCCCCCCCCCCCCC. The Labute approximate surface area is 429 Å². The average Bonchev–Trinajstić information content (AvgIpc) is 3.31. The molecule has 0 fully saturated rings. The van der Waals surface area contributed by atoms with Gasteiger partial charge in [0, 0.05) is 6.42 Å². The first kappa shape index (κ1) is 67.7. The third-order valence-corrected chi connectivity index (χ3v) is 14.6.